The Labute approximate surface area is 116 Å². The van der Waals surface area contributed by atoms with Crippen LogP contribution >= 0.6 is 0 Å². The number of halogens is 1. The van der Waals surface area contributed by atoms with Gasteiger partial charge in [-0.15, -0.1) is 0 Å². The quantitative estimate of drug-likeness (QED) is 0.790. The van der Waals surface area contributed by atoms with Gasteiger partial charge in [0, 0.05) is 13.0 Å². The fourth-order valence-electron chi connectivity index (χ4n) is 2.19. The summed E-state index contributed by atoms with van der Waals surface area (Å²) in [6, 6.07) is 12.4. The number of rotatable bonds is 4. The summed E-state index contributed by atoms with van der Waals surface area (Å²) in [6.45, 7) is 0.802. The molecule has 3 rings (SSSR count). The first kappa shape index (κ1) is 12.8. The van der Waals surface area contributed by atoms with Crippen molar-refractivity contribution in [3.05, 3.63) is 65.3 Å². The summed E-state index contributed by atoms with van der Waals surface area (Å²) in [5.41, 5.74) is 3.78. The van der Waals surface area contributed by atoms with E-state index in [0.29, 0.717) is 12.3 Å². The molecule has 0 saturated carbocycles. The number of aromatic nitrogens is 1. The zero-order valence-electron chi connectivity index (χ0n) is 11.2. The number of nitrogens with zero attached hydrogens (tertiary/aromatic N) is 1. The van der Waals surface area contributed by atoms with Crippen molar-refractivity contribution >= 4 is 11.1 Å². The molecule has 0 fully saturated rings. The number of fused-ring (bicyclic) bond motifs is 1. The second kappa shape index (κ2) is 5.43. The van der Waals surface area contributed by atoms with Crippen LogP contribution in [0, 0.1) is 5.82 Å². The van der Waals surface area contributed by atoms with E-state index in [1.807, 2.05) is 25.2 Å². The van der Waals surface area contributed by atoms with E-state index >= 15 is 0 Å². The standard InChI is InChI=1S/C16H15FN2O/c1-18-10-12-4-7-15-14(8-12)19-16(20-15)9-11-2-5-13(17)6-3-11/h2-8,18H,9-10H2,1H3. The van der Waals surface area contributed by atoms with E-state index in [9.17, 15) is 4.39 Å². The lowest BCUT2D eigenvalue weighted by Gasteiger charge is -1.97. The first-order chi connectivity index (χ1) is 9.74. The van der Waals surface area contributed by atoms with Crippen molar-refractivity contribution in [3.8, 4) is 0 Å². The summed E-state index contributed by atoms with van der Waals surface area (Å²) in [6.07, 6.45) is 0.566. The molecule has 0 saturated heterocycles. The Hall–Kier alpha value is -2.20. The average Bonchev–Trinajstić information content (AvgIpc) is 2.83. The predicted molar refractivity (Wildman–Crippen MR) is 76.0 cm³/mol. The van der Waals surface area contributed by atoms with Gasteiger partial charge in [-0.2, -0.15) is 0 Å². The number of hydrogen-bond acceptors (Lipinski definition) is 3. The van der Waals surface area contributed by atoms with E-state index in [4.69, 9.17) is 4.42 Å². The SMILES string of the molecule is CNCc1ccc2oc(Cc3ccc(F)cc3)nc2c1. The molecule has 0 aliphatic carbocycles. The highest BCUT2D eigenvalue weighted by Gasteiger charge is 2.07. The molecule has 0 spiro atoms. The average molecular weight is 270 g/mol. The molecule has 3 nitrogen and oxygen atoms in total. The van der Waals surface area contributed by atoms with E-state index < -0.39 is 0 Å². The van der Waals surface area contributed by atoms with Gasteiger partial charge in [0.25, 0.3) is 0 Å². The molecule has 1 heterocycles. The Morgan fingerprint density at radius 2 is 1.85 bits per heavy atom. The van der Waals surface area contributed by atoms with Crippen molar-refractivity contribution in [2.24, 2.45) is 0 Å². The molecular weight excluding hydrogens is 255 g/mol. The van der Waals surface area contributed by atoms with Crippen LogP contribution < -0.4 is 5.32 Å². The highest BCUT2D eigenvalue weighted by atomic mass is 19.1. The number of nitrogens with one attached hydrogen (secondary N) is 1. The zero-order valence-corrected chi connectivity index (χ0v) is 11.2. The maximum absolute atomic E-state index is 12.9. The van der Waals surface area contributed by atoms with Crippen LogP contribution in [-0.2, 0) is 13.0 Å². The number of benzene rings is 2. The molecule has 0 aliphatic heterocycles. The summed E-state index contributed by atoms with van der Waals surface area (Å²) >= 11 is 0. The molecule has 102 valence electrons. The molecule has 0 unspecified atom stereocenters. The van der Waals surface area contributed by atoms with Crippen molar-refractivity contribution in [1.82, 2.24) is 10.3 Å². The van der Waals surface area contributed by atoms with Crippen LogP contribution in [0.3, 0.4) is 0 Å². The molecule has 1 aromatic heterocycles. The van der Waals surface area contributed by atoms with Gasteiger partial charge in [-0.3, -0.25) is 0 Å². The van der Waals surface area contributed by atoms with Crippen LogP contribution in [0.15, 0.2) is 46.9 Å². The van der Waals surface area contributed by atoms with Crippen LogP contribution in [0.4, 0.5) is 4.39 Å². The van der Waals surface area contributed by atoms with Crippen molar-refractivity contribution in [1.29, 1.82) is 0 Å². The molecule has 3 aromatic rings. The van der Waals surface area contributed by atoms with Gasteiger partial charge >= 0.3 is 0 Å². The van der Waals surface area contributed by atoms with Crippen LogP contribution in [0.5, 0.6) is 0 Å². The molecule has 1 N–H and O–H groups in total. The highest BCUT2D eigenvalue weighted by molar-refractivity contribution is 5.73. The molecule has 4 heteroatoms. The summed E-state index contributed by atoms with van der Waals surface area (Å²) in [5, 5.41) is 3.11. The van der Waals surface area contributed by atoms with E-state index in [1.54, 1.807) is 12.1 Å². The molecule has 0 aliphatic rings. The molecule has 0 radical (unpaired) electrons. The summed E-state index contributed by atoms with van der Waals surface area (Å²) in [4.78, 5) is 4.49. The molecule has 0 amide bonds. The summed E-state index contributed by atoms with van der Waals surface area (Å²) < 4.78 is 18.6. The third kappa shape index (κ3) is 2.70. The first-order valence-electron chi connectivity index (χ1n) is 6.52. The Bertz CT molecular complexity index is 719. The monoisotopic (exact) mass is 270 g/mol. The maximum Gasteiger partial charge on any atom is 0.199 e. The molecule has 0 bridgehead atoms. The van der Waals surface area contributed by atoms with Crippen LogP contribution in [-0.4, -0.2) is 12.0 Å². The minimum atomic E-state index is -0.233. The van der Waals surface area contributed by atoms with Gasteiger partial charge in [0.1, 0.15) is 11.3 Å². The first-order valence-corrected chi connectivity index (χ1v) is 6.52. The fourth-order valence-corrected chi connectivity index (χ4v) is 2.19. The molecule has 2 aromatic carbocycles. The lowest BCUT2D eigenvalue weighted by atomic mass is 10.1. The minimum absolute atomic E-state index is 0.233. The van der Waals surface area contributed by atoms with Gasteiger partial charge in [-0.25, -0.2) is 9.37 Å². The fraction of sp³-hybridized carbons (Fsp3) is 0.188. The van der Waals surface area contributed by atoms with E-state index in [0.717, 1.165) is 23.2 Å². The smallest absolute Gasteiger partial charge is 0.199 e. The Morgan fingerprint density at radius 1 is 1.10 bits per heavy atom. The predicted octanol–water partition coefficient (Wildman–Crippen LogP) is 3.28. The Morgan fingerprint density at radius 3 is 2.60 bits per heavy atom. The van der Waals surface area contributed by atoms with Crippen molar-refractivity contribution < 1.29 is 8.81 Å². The topological polar surface area (TPSA) is 38.1 Å². The van der Waals surface area contributed by atoms with E-state index in [1.165, 1.54) is 17.7 Å². The van der Waals surface area contributed by atoms with Gasteiger partial charge in [0.15, 0.2) is 11.5 Å². The third-order valence-electron chi connectivity index (χ3n) is 3.15. The van der Waals surface area contributed by atoms with Crippen LogP contribution in [0.1, 0.15) is 17.0 Å². The second-order valence-corrected chi connectivity index (χ2v) is 4.74. The van der Waals surface area contributed by atoms with Crippen LogP contribution in [0.2, 0.25) is 0 Å². The largest absolute Gasteiger partial charge is 0.440 e. The zero-order chi connectivity index (χ0) is 13.9. The summed E-state index contributed by atoms with van der Waals surface area (Å²) in [5.74, 6) is 0.413. The lowest BCUT2D eigenvalue weighted by molar-refractivity contribution is 0.543. The molecular formula is C16H15FN2O. The normalized spacial score (nSPS) is 11.1. The second-order valence-electron chi connectivity index (χ2n) is 4.74. The minimum Gasteiger partial charge on any atom is -0.440 e. The molecule has 0 atom stereocenters. The van der Waals surface area contributed by atoms with Gasteiger partial charge in [0.05, 0.1) is 0 Å². The van der Waals surface area contributed by atoms with E-state index in [-0.39, 0.29) is 5.82 Å². The maximum atomic E-state index is 12.9. The van der Waals surface area contributed by atoms with Gasteiger partial charge < -0.3 is 9.73 Å². The number of hydrogen-bond donors (Lipinski definition) is 1. The van der Waals surface area contributed by atoms with Crippen molar-refractivity contribution in [2.75, 3.05) is 7.05 Å². The van der Waals surface area contributed by atoms with Gasteiger partial charge in [-0.05, 0) is 42.4 Å². The summed E-state index contributed by atoms with van der Waals surface area (Å²) in [7, 11) is 1.91. The van der Waals surface area contributed by atoms with Crippen molar-refractivity contribution in [2.45, 2.75) is 13.0 Å². The highest BCUT2D eigenvalue weighted by Crippen LogP contribution is 2.19. The van der Waals surface area contributed by atoms with Gasteiger partial charge in [-0.1, -0.05) is 18.2 Å². The Kier molecular flexibility index (Phi) is 3.48. The van der Waals surface area contributed by atoms with Crippen LogP contribution in [0.25, 0.3) is 11.1 Å². The lowest BCUT2D eigenvalue weighted by Crippen LogP contribution is -2.04. The van der Waals surface area contributed by atoms with Gasteiger partial charge in [0.2, 0.25) is 0 Å². The third-order valence-corrected chi connectivity index (χ3v) is 3.15. The molecule has 20 heavy (non-hydrogen) atoms. The number of oxazole rings is 1. The van der Waals surface area contributed by atoms with E-state index in [2.05, 4.69) is 10.3 Å². The van der Waals surface area contributed by atoms with Crippen molar-refractivity contribution in [3.63, 3.8) is 0 Å². The Balaban J connectivity index is 1.86.